The molecule has 0 aliphatic heterocycles. The third-order valence-corrected chi connectivity index (χ3v) is 4.35. The number of esters is 2. The summed E-state index contributed by atoms with van der Waals surface area (Å²) in [4.78, 5) is 46.6. The number of hydrogen-bond donors (Lipinski definition) is 1. The Morgan fingerprint density at radius 3 is 2.31 bits per heavy atom. The van der Waals surface area contributed by atoms with Crippen molar-refractivity contribution < 1.29 is 28.7 Å². The molecule has 2 rings (SSSR count). The van der Waals surface area contributed by atoms with Crippen LogP contribution in [-0.2, 0) is 19.1 Å². The lowest BCUT2D eigenvalue weighted by atomic mass is 10.1. The minimum absolute atomic E-state index is 0.00156. The minimum atomic E-state index is -0.556. The monoisotopic (exact) mass is 400 g/mol. The minimum Gasteiger partial charge on any atom is -0.465 e. The van der Waals surface area contributed by atoms with Gasteiger partial charge in [-0.15, -0.1) is 0 Å². The van der Waals surface area contributed by atoms with Gasteiger partial charge in [-0.2, -0.15) is 0 Å². The molecular formula is C21H24N2O6. The summed E-state index contributed by atoms with van der Waals surface area (Å²) in [5.74, 6) is -1.53. The Balaban J connectivity index is 2.08. The molecule has 2 aromatic rings. The van der Waals surface area contributed by atoms with Crippen LogP contribution in [0.5, 0.6) is 0 Å². The van der Waals surface area contributed by atoms with Crippen molar-refractivity contribution in [3.63, 3.8) is 0 Å². The first-order chi connectivity index (χ1) is 13.7. The molecule has 1 aromatic carbocycles. The Labute approximate surface area is 168 Å². The fourth-order valence-corrected chi connectivity index (χ4v) is 2.94. The standard InChI is InChI=1S/C21H24N2O6/c1-13-11-18(19(25)12-29-20(26)9-10-22-15(3)24)14(2)23(13)17-7-5-16(6-8-17)21(27)28-4/h5-8,11H,9-10,12H2,1-4H3,(H,22,24). The lowest BCUT2D eigenvalue weighted by Gasteiger charge is -2.11. The Kier molecular flexibility index (Phi) is 7.30. The number of amides is 1. The zero-order valence-electron chi connectivity index (χ0n) is 16.9. The predicted molar refractivity (Wildman–Crippen MR) is 105 cm³/mol. The van der Waals surface area contributed by atoms with Gasteiger partial charge in [-0.1, -0.05) is 0 Å². The number of benzene rings is 1. The van der Waals surface area contributed by atoms with Crippen molar-refractivity contribution in [2.75, 3.05) is 20.3 Å². The molecule has 154 valence electrons. The number of rotatable bonds is 8. The summed E-state index contributed by atoms with van der Waals surface area (Å²) < 4.78 is 11.6. The van der Waals surface area contributed by atoms with E-state index in [2.05, 4.69) is 5.32 Å². The molecule has 1 heterocycles. The average molecular weight is 400 g/mol. The molecule has 0 radical (unpaired) electrons. The number of Topliss-reactive ketones (excluding diaryl/α,β-unsaturated/α-hetero) is 1. The maximum absolute atomic E-state index is 12.5. The molecule has 1 amide bonds. The zero-order chi connectivity index (χ0) is 21.6. The van der Waals surface area contributed by atoms with E-state index in [1.165, 1.54) is 14.0 Å². The molecule has 1 N–H and O–H groups in total. The van der Waals surface area contributed by atoms with Gasteiger partial charge in [0.1, 0.15) is 0 Å². The molecule has 0 fully saturated rings. The number of aromatic nitrogens is 1. The average Bonchev–Trinajstić information content (AvgIpc) is 2.99. The Hall–Kier alpha value is -3.42. The first-order valence-electron chi connectivity index (χ1n) is 9.05. The number of nitrogens with one attached hydrogen (secondary N) is 1. The molecular weight excluding hydrogens is 376 g/mol. The lowest BCUT2D eigenvalue weighted by Crippen LogP contribution is -2.24. The highest BCUT2D eigenvalue weighted by atomic mass is 16.5. The van der Waals surface area contributed by atoms with E-state index in [1.54, 1.807) is 37.3 Å². The Morgan fingerprint density at radius 2 is 1.72 bits per heavy atom. The number of methoxy groups -OCH3 is 1. The van der Waals surface area contributed by atoms with Gasteiger partial charge in [-0.3, -0.25) is 14.4 Å². The van der Waals surface area contributed by atoms with E-state index in [0.717, 1.165) is 11.4 Å². The quantitative estimate of drug-likeness (QED) is 0.538. The highest BCUT2D eigenvalue weighted by Gasteiger charge is 2.18. The fourth-order valence-electron chi connectivity index (χ4n) is 2.94. The number of ether oxygens (including phenoxy) is 2. The predicted octanol–water partition coefficient (Wildman–Crippen LogP) is 2.13. The molecule has 0 bridgehead atoms. The van der Waals surface area contributed by atoms with E-state index in [4.69, 9.17) is 9.47 Å². The fraction of sp³-hybridized carbons (Fsp3) is 0.333. The van der Waals surface area contributed by atoms with E-state index >= 15 is 0 Å². The van der Waals surface area contributed by atoms with Crippen molar-refractivity contribution in [1.29, 1.82) is 0 Å². The normalized spacial score (nSPS) is 10.3. The number of nitrogens with zero attached hydrogens (tertiary/aromatic N) is 1. The molecule has 29 heavy (non-hydrogen) atoms. The van der Waals surface area contributed by atoms with Gasteiger partial charge < -0.3 is 19.4 Å². The van der Waals surface area contributed by atoms with E-state index < -0.39 is 11.9 Å². The van der Waals surface area contributed by atoms with Crippen molar-refractivity contribution in [2.45, 2.75) is 27.2 Å². The van der Waals surface area contributed by atoms with Gasteiger partial charge >= 0.3 is 11.9 Å². The van der Waals surface area contributed by atoms with Gasteiger partial charge in [0.15, 0.2) is 6.61 Å². The van der Waals surface area contributed by atoms with Crippen molar-refractivity contribution in [1.82, 2.24) is 9.88 Å². The highest BCUT2D eigenvalue weighted by Crippen LogP contribution is 2.22. The molecule has 0 aliphatic carbocycles. The number of aryl methyl sites for hydroxylation is 1. The van der Waals surface area contributed by atoms with Crippen LogP contribution in [0, 0.1) is 13.8 Å². The SMILES string of the molecule is COC(=O)c1ccc(-n2c(C)cc(C(=O)COC(=O)CCNC(C)=O)c2C)cc1. The van der Waals surface area contributed by atoms with Crippen LogP contribution in [0.2, 0.25) is 0 Å². The first-order valence-corrected chi connectivity index (χ1v) is 9.05. The van der Waals surface area contributed by atoms with Gasteiger partial charge in [-0.05, 0) is 44.2 Å². The van der Waals surface area contributed by atoms with Gasteiger partial charge in [0.25, 0.3) is 0 Å². The first kappa shape index (κ1) is 21.9. The number of carbonyl (C=O) groups is 4. The third-order valence-electron chi connectivity index (χ3n) is 4.35. The van der Waals surface area contributed by atoms with Crippen LogP contribution in [-0.4, -0.2) is 48.5 Å². The van der Waals surface area contributed by atoms with E-state index in [0.29, 0.717) is 16.8 Å². The number of carbonyl (C=O) groups excluding carboxylic acids is 4. The molecule has 0 unspecified atom stereocenters. The van der Waals surface area contributed by atoms with E-state index in [-0.39, 0.29) is 31.3 Å². The van der Waals surface area contributed by atoms with Crippen molar-refractivity contribution in [2.24, 2.45) is 0 Å². The second-order valence-electron chi connectivity index (χ2n) is 6.48. The molecule has 8 nitrogen and oxygen atoms in total. The van der Waals surface area contributed by atoms with Gasteiger partial charge in [0.05, 0.1) is 19.1 Å². The summed E-state index contributed by atoms with van der Waals surface area (Å²) in [6, 6.07) is 8.57. The lowest BCUT2D eigenvalue weighted by molar-refractivity contribution is -0.142. The molecule has 1 aromatic heterocycles. The molecule has 8 heteroatoms. The summed E-state index contributed by atoms with van der Waals surface area (Å²) >= 11 is 0. The smallest absolute Gasteiger partial charge is 0.337 e. The summed E-state index contributed by atoms with van der Waals surface area (Å²) in [6.45, 7) is 4.81. The summed E-state index contributed by atoms with van der Waals surface area (Å²) in [5.41, 5.74) is 3.20. The van der Waals surface area contributed by atoms with Gasteiger partial charge in [0.2, 0.25) is 11.7 Å². The number of hydrogen-bond acceptors (Lipinski definition) is 6. The second kappa shape index (κ2) is 9.68. The molecule has 0 saturated carbocycles. The van der Waals surface area contributed by atoms with Crippen LogP contribution in [0.15, 0.2) is 30.3 Å². The third kappa shape index (κ3) is 5.54. The topological polar surface area (TPSA) is 104 Å². The summed E-state index contributed by atoms with van der Waals surface area (Å²) in [6.07, 6.45) is -0.00156. The molecule has 0 spiro atoms. The molecule has 0 aliphatic rings. The largest absolute Gasteiger partial charge is 0.465 e. The van der Waals surface area contributed by atoms with E-state index in [9.17, 15) is 19.2 Å². The van der Waals surface area contributed by atoms with Crippen LogP contribution < -0.4 is 5.32 Å². The van der Waals surface area contributed by atoms with E-state index in [1.807, 2.05) is 11.5 Å². The summed E-state index contributed by atoms with van der Waals surface area (Å²) in [7, 11) is 1.32. The number of ketones is 1. The van der Waals surface area contributed by atoms with Crippen molar-refractivity contribution >= 4 is 23.6 Å². The Morgan fingerprint density at radius 1 is 1.07 bits per heavy atom. The van der Waals surface area contributed by atoms with Gasteiger partial charge in [-0.25, -0.2) is 4.79 Å². The summed E-state index contributed by atoms with van der Waals surface area (Å²) in [5, 5.41) is 2.49. The Bertz CT molecular complexity index is 927. The zero-order valence-corrected chi connectivity index (χ0v) is 16.9. The maximum Gasteiger partial charge on any atom is 0.337 e. The molecule has 0 atom stereocenters. The highest BCUT2D eigenvalue weighted by molar-refractivity contribution is 5.99. The van der Waals surface area contributed by atoms with Crippen LogP contribution in [0.1, 0.15) is 45.4 Å². The van der Waals surface area contributed by atoms with Crippen molar-refractivity contribution in [3.8, 4) is 5.69 Å². The maximum atomic E-state index is 12.5. The molecule has 0 saturated heterocycles. The van der Waals surface area contributed by atoms with Crippen LogP contribution in [0.3, 0.4) is 0 Å². The van der Waals surface area contributed by atoms with Crippen molar-refractivity contribution in [3.05, 3.63) is 52.8 Å². The van der Waals surface area contributed by atoms with Crippen LogP contribution >= 0.6 is 0 Å². The van der Waals surface area contributed by atoms with Crippen LogP contribution in [0.4, 0.5) is 0 Å². The van der Waals surface area contributed by atoms with Gasteiger partial charge in [0, 0.05) is 36.1 Å². The van der Waals surface area contributed by atoms with Crippen LogP contribution in [0.25, 0.3) is 5.69 Å². The second-order valence-corrected chi connectivity index (χ2v) is 6.48.